The van der Waals surface area contributed by atoms with Gasteiger partial charge in [0.15, 0.2) is 5.96 Å². The van der Waals surface area contributed by atoms with E-state index in [-0.39, 0.29) is 42.5 Å². The van der Waals surface area contributed by atoms with E-state index in [9.17, 15) is 9.59 Å². The van der Waals surface area contributed by atoms with E-state index in [4.69, 9.17) is 0 Å². The Morgan fingerprint density at radius 3 is 2.40 bits per heavy atom. The topological polar surface area (TPSA) is 89.1 Å². The third-order valence-corrected chi connectivity index (χ3v) is 5.21. The van der Waals surface area contributed by atoms with Crippen molar-refractivity contribution in [2.75, 3.05) is 39.3 Å². The zero-order valence-corrected chi connectivity index (χ0v) is 20.0. The Hall–Kier alpha value is -1.88. The largest absolute Gasteiger partial charge is 0.357 e. The molecule has 0 atom stereocenters. The number of guanidine groups is 1. The molecule has 2 saturated heterocycles. The number of hydrogen-bond acceptors (Lipinski definition) is 4. The van der Waals surface area contributed by atoms with Gasteiger partial charge in [0.1, 0.15) is 0 Å². The van der Waals surface area contributed by atoms with Crippen LogP contribution in [-0.4, -0.2) is 67.0 Å². The monoisotopic (exact) mass is 528 g/mol. The van der Waals surface area contributed by atoms with E-state index in [0.717, 1.165) is 18.7 Å². The number of nitrogens with one attached hydrogen (secondary N) is 3. The highest BCUT2D eigenvalue weighted by Gasteiger charge is 2.27. The maximum atomic E-state index is 11.6. The zero-order chi connectivity index (χ0) is 20.5. The lowest BCUT2D eigenvalue weighted by atomic mass is 10.1. The van der Waals surface area contributed by atoms with Gasteiger partial charge < -0.3 is 16.0 Å². The molecule has 0 saturated carbocycles. The first kappa shape index (κ1) is 24.4. The summed E-state index contributed by atoms with van der Waals surface area (Å²) in [5.41, 5.74) is 2.50. The summed E-state index contributed by atoms with van der Waals surface area (Å²) >= 11 is 0. The molecule has 0 radical (unpaired) electrons. The van der Waals surface area contributed by atoms with E-state index in [1.54, 1.807) is 0 Å². The molecule has 0 spiro atoms. The van der Waals surface area contributed by atoms with Crippen LogP contribution in [0.3, 0.4) is 0 Å². The summed E-state index contributed by atoms with van der Waals surface area (Å²) in [6.45, 7) is 7.61. The van der Waals surface area contributed by atoms with Crippen molar-refractivity contribution in [3.63, 3.8) is 0 Å². The second-order valence-electron chi connectivity index (χ2n) is 7.48. The minimum atomic E-state index is -0.330. The fourth-order valence-corrected chi connectivity index (χ4v) is 3.61. The molecular formula is C21H33IN6O2. The maximum Gasteiger partial charge on any atom is 0.324 e. The van der Waals surface area contributed by atoms with Gasteiger partial charge in [0.2, 0.25) is 5.91 Å². The van der Waals surface area contributed by atoms with Crippen LogP contribution in [0.2, 0.25) is 0 Å². The molecule has 30 heavy (non-hydrogen) atoms. The minimum absolute atomic E-state index is 0. The Morgan fingerprint density at radius 2 is 1.77 bits per heavy atom. The molecule has 0 unspecified atom stereocenters. The van der Waals surface area contributed by atoms with Gasteiger partial charge in [-0.1, -0.05) is 30.7 Å². The highest BCUT2D eigenvalue weighted by molar-refractivity contribution is 14.0. The Bertz CT molecular complexity index is 703. The number of likely N-dealkylation sites (tertiary alicyclic amines) is 1. The average molecular weight is 528 g/mol. The molecule has 1 aromatic rings. The van der Waals surface area contributed by atoms with Crippen molar-refractivity contribution < 1.29 is 9.59 Å². The van der Waals surface area contributed by atoms with Crippen LogP contribution in [0, 0.1) is 0 Å². The maximum absolute atomic E-state index is 11.6. The number of halogens is 1. The molecule has 0 bridgehead atoms. The van der Waals surface area contributed by atoms with Gasteiger partial charge in [-0.2, -0.15) is 0 Å². The second kappa shape index (κ2) is 12.7. The van der Waals surface area contributed by atoms with E-state index in [1.807, 2.05) is 6.92 Å². The first-order chi connectivity index (χ1) is 14.2. The average Bonchev–Trinajstić information content (AvgIpc) is 3.06. The van der Waals surface area contributed by atoms with Gasteiger partial charge >= 0.3 is 6.03 Å². The van der Waals surface area contributed by atoms with Crippen LogP contribution in [0.4, 0.5) is 4.79 Å². The van der Waals surface area contributed by atoms with Crippen molar-refractivity contribution in [3.05, 3.63) is 35.4 Å². The predicted octanol–water partition coefficient (Wildman–Crippen LogP) is 1.90. The van der Waals surface area contributed by atoms with E-state index in [0.29, 0.717) is 25.6 Å². The quantitative estimate of drug-likeness (QED) is 0.208. The van der Waals surface area contributed by atoms with Gasteiger partial charge in [-0.3, -0.25) is 14.6 Å². The fraction of sp³-hybridized carbons (Fsp3) is 0.571. The molecule has 3 rings (SSSR count). The van der Waals surface area contributed by atoms with Crippen LogP contribution in [0.1, 0.15) is 37.3 Å². The summed E-state index contributed by atoms with van der Waals surface area (Å²) in [5.74, 6) is 0.486. The van der Waals surface area contributed by atoms with Gasteiger partial charge in [0, 0.05) is 26.2 Å². The van der Waals surface area contributed by atoms with Crippen molar-refractivity contribution in [1.29, 1.82) is 0 Å². The summed E-state index contributed by atoms with van der Waals surface area (Å²) in [7, 11) is 0. The van der Waals surface area contributed by atoms with Crippen LogP contribution in [0.15, 0.2) is 29.3 Å². The lowest BCUT2D eigenvalue weighted by Gasteiger charge is -2.26. The highest BCUT2D eigenvalue weighted by atomic mass is 127. The SMILES string of the molecule is CCNC(=NCc1ccc(CN2CCCCC2)cc1)NCCN1C(=O)CNC1=O.I. The number of piperidine rings is 1. The van der Waals surface area contributed by atoms with Crippen molar-refractivity contribution in [2.45, 2.75) is 39.3 Å². The third kappa shape index (κ3) is 7.42. The van der Waals surface area contributed by atoms with Crippen molar-refractivity contribution >= 4 is 41.9 Å². The molecule has 0 aromatic heterocycles. The zero-order valence-electron chi connectivity index (χ0n) is 17.7. The molecule has 3 N–H and O–H groups in total. The molecule has 2 heterocycles. The second-order valence-corrected chi connectivity index (χ2v) is 7.48. The van der Waals surface area contributed by atoms with Crippen LogP contribution in [0.5, 0.6) is 0 Å². The van der Waals surface area contributed by atoms with Crippen LogP contribution >= 0.6 is 24.0 Å². The van der Waals surface area contributed by atoms with Crippen molar-refractivity contribution in [2.24, 2.45) is 4.99 Å². The third-order valence-electron chi connectivity index (χ3n) is 5.21. The van der Waals surface area contributed by atoms with Crippen LogP contribution in [0.25, 0.3) is 0 Å². The van der Waals surface area contributed by atoms with Gasteiger partial charge in [0.05, 0.1) is 13.1 Å². The van der Waals surface area contributed by atoms with Gasteiger partial charge in [-0.15, -0.1) is 24.0 Å². The number of rotatable bonds is 8. The molecule has 3 amide bonds. The summed E-state index contributed by atoms with van der Waals surface area (Å²) in [6.07, 6.45) is 3.98. The Kier molecular flexibility index (Phi) is 10.4. The number of nitrogens with zero attached hydrogens (tertiary/aromatic N) is 3. The molecule has 8 nitrogen and oxygen atoms in total. The Balaban J connectivity index is 0.00000320. The molecular weight excluding hydrogens is 495 g/mol. The molecule has 166 valence electrons. The van der Waals surface area contributed by atoms with Gasteiger partial charge in [-0.25, -0.2) is 9.79 Å². The molecule has 2 fully saturated rings. The summed E-state index contributed by atoms with van der Waals surface area (Å²) in [6, 6.07) is 8.33. The fourth-order valence-electron chi connectivity index (χ4n) is 3.61. The van der Waals surface area contributed by atoms with Crippen molar-refractivity contribution in [1.82, 2.24) is 25.8 Å². The lowest BCUT2D eigenvalue weighted by Crippen LogP contribution is -2.43. The van der Waals surface area contributed by atoms with E-state index in [2.05, 4.69) is 50.1 Å². The summed E-state index contributed by atoms with van der Waals surface area (Å²) in [4.78, 5) is 31.5. The molecule has 9 heteroatoms. The number of aliphatic imine (C=N–C) groups is 1. The van der Waals surface area contributed by atoms with E-state index in [1.165, 1.54) is 42.8 Å². The normalized spacial score (nSPS) is 17.5. The Labute approximate surface area is 195 Å². The number of hydrogen-bond donors (Lipinski definition) is 3. The standard InChI is InChI=1S/C21H32N6O2.HI/c1-2-22-20(23-10-13-27-19(28)15-25-21(27)29)24-14-17-6-8-18(9-7-17)16-26-11-4-3-5-12-26;/h6-9H,2-5,10-16H2,1H3,(H,25,29)(H2,22,23,24);1H. The molecule has 2 aliphatic heterocycles. The first-order valence-corrected chi connectivity index (χ1v) is 10.6. The minimum Gasteiger partial charge on any atom is -0.357 e. The molecule has 2 aliphatic rings. The lowest BCUT2D eigenvalue weighted by molar-refractivity contribution is -0.124. The number of benzene rings is 1. The van der Waals surface area contributed by atoms with Crippen LogP contribution in [-0.2, 0) is 17.9 Å². The van der Waals surface area contributed by atoms with E-state index < -0.39 is 0 Å². The smallest absolute Gasteiger partial charge is 0.324 e. The van der Waals surface area contributed by atoms with Gasteiger partial charge in [-0.05, 0) is 44.0 Å². The van der Waals surface area contributed by atoms with E-state index >= 15 is 0 Å². The number of carbonyl (C=O) groups excluding carboxylic acids is 2. The predicted molar refractivity (Wildman–Crippen MR) is 129 cm³/mol. The van der Waals surface area contributed by atoms with Crippen molar-refractivity contribution in [3.8, 4) is 0 Å². The number of urea groups is 1. The van der Waals surface area contributed by atoms with Gasteiger partial charge in [0.25, 0.3) is 0 Å². The molecule has 1 aromatic carbocycles. The highest BCUT2D eigenvalue weighted by Crippen LogP contribution is 2.14. The first-order valence-electron chi connectivity index (χ1n) is 10.6. The Morgan fingerprint density at radius 1 is 1.07 bits per heavy atom. The number of carbonyl (C=O) groups is 2. The number of amides is 3. The molecule has 0 aliphatic carbocycles. The summed E-state index contributed by atoms with van der Waals surface area (Å²) < 4.78 is 0. The number of imide groups is 1. The summed E-state index contributed by atoms with van der Waals surface area (Å²) in [5, 5.41) is 8.90. The van der Waals surface area contributed by atoms with Crippen LogP contribution < -0.4 is 16.0 Å².